The highest BCUT2D eigenvalue weighted by Gasteiger charge is 2.33. The van der Waals surface area contributed by atoms with Crippen molar-refractivity contribution in [2.24, 2.45) is 5.73 Å². The number of ether oxygens (including phenoxy) is 1. The Bertz CT molecular complexity index is 787. The highest BCUT2D eigenvalue weighted by Crippen LogP contribution is 2.38. The van der Waals surface area contributed by atoms with Gasteiger partial charge in [0.1, 0.15) is 11.6 Å². The van der Waals surface area contributed by atoms with Gasteiger partial charge in [0, 0.05) is 0 Å². The molecule has 3 N–H and O–H groups in total. The second kappa shape index (κ2) is 4.55. The van der Waals surface area contributed by atoms with Crippen molar-refractivity contribution < 1.29 is 4.74 Å². The molecule has 0 spiro atoms. The van der Waals surface area contributed by atoms with Crippen LogP contribution in [0.4, 0.5) is 0 Å². The topological polar surface area (TPSA) is 105 Å². The molecule has 6 nitrogen and oxygen atoms in total. The van der Waals surface area contributed by atoms with Crippen LogP contribution >= 0.6 is 0 Å². The van der Waals surface area contributed by atoms with Gasteiger partial charge in [0.05, 0.1) is 17.8 Å². The van der Waals surface area contributed by atoms with Gasteiger partial charge in [0.25, 0.3) is 5.56 Å². The van der Waals surface area contributed by atoms with Crippen LogP contribution in [-0.2, 0) is 0 Å². The first-order valence-corrected chi connectivity index (χ1v) is 5.92. The fraction of sp³-hybridized carbons (Fsp3) is 0.0714. The van der Waals surface area contributed by atoms with Crippen molar-refractivity contribution in [3.8, 4) is 11.9 Å². The van der Waals surface area contributed by atoms with Crippen LogP contribution in [0, 0.1) is 11.3 Å². The van der Waals surface area contributed by atoms with E-state index in [1.807, 2.05) is 36.4 Å². The summed E-state index contributed by atoms with van der Waals surface area (Å²) in [5.74, 6) is -0.451. The van der Waals surface area contributed by atoms with Crippen LogP contribution in [0.25, 0.3) is 0 Å². The summed E-state index contributed by atoms with van der Waals surface area (Å²) in [7, 11) is 0. The average molecular weight is 266 g/mol. The number of aromatic nitrogens is 2. The Hall–Kier alpha value is -3.07. The van der Waals surface area contributed by atoms with E-state index in [1.54, 1.807) is 0 Å². The van der Waals surface area contributed by atoms with Crippen LogP contribution in [-0.4, -0.2) is 9.97 Å². The molecule has 0 saturated carbocycles. The average Bonchev–Trinajstić information content (AvgIpc) is 2.47. The molecule has 1 aromatic carbocycles. The maximum atomic E-state index is 12.1. The lowest BCUT2D eigenvalue weighted by Gasteiger charge is -2.24. The largest absolute Gasteiger partial charge is 0.422 e. The van der Waals surface area contributed by atoms with E-state index in [1.165, 1.54) is 6.33 Å². The first kappa shape index (κ1) is 12.0. The van der Waals surface area contributed by atoms with Gasteiger partial charge < -0.3 is 15.5 Å². The molecular formula is C14H10N4O2. The number of nitrogens with zero attached hydrogens (tertiary/aromatic N) is 2. The van der Waals surface area contributed by atoms with Crippen molar-refractivity contribution in [1.29, 1.82) is 5.26 Å². The number of allylic oxidation sites excluding steroid dienone is 1. The molecule has 2 heterocycles. The summed E-state index contributed by atoms with van der Waals surface area (Å²) >= 11 is 0. The highest BCUT2D eigenvalue weighted by atomic mass is 16.5. The Morgan fingerprint density at radius 2 is 2.10 bits per heavy atom. The summed E-state index contributed by atoms with van der Waals surface area (Å²) in [6.45, 7) is 0. The molecule has 0 bridgehead atoms. The van der Waals surface area contributed by atoms with Crippen molar-refractivity contribution in [2.75, 3.05) is 0 Å². The molecule has 0 saturated heterocycles. The van der Waals surface area contributed by atoms with E-state index in [0.717, 1.165) is 5.56 Å². The molecule has 0 radical (unpaired) electrons. The lowest BCUT2D eigenvalue weighted by molar-refractivity contribution is 0.375. The van der Waals surface area contributed by atoms with Crippen LogP contribution in [0.5, 0.6) is 5.88 Å². The Morgan fingerprint density at radius 3 is 2.80 bits per heavy atom. The lowest BCUT2D eigenvalue weighted by atomic mass is 9.85. The zero-order valence-electron chi connectivity index (χ0n) is 10.3. The zero-order chi connectivity index (χ0) is 14.1. The standard InChI is InChI=1S/C14H10N4O2/c15-6-9-10(8-4-2-1-3-5-8)11-13(19)17-7-18-14(11)20-12(9)16/h1-5,7,10H,16H2,(H,17,18,19)/t10-/m1/s1. The number of nitrogens with one attached hydrogen (secondary N) is 1. The maximum absolute atomic E-state index is 12.1. The van der Waals surface area contributed by atoms with E-state index in [-0.39, 0.29) is 22.9 Å². The quantitative estimate of drug-likeness (QED) is 0.800. The smallest absolute Gasteiger partial charge is 0.258 e. The van der Waals surface area contributed by atoms with E-state index >= 15 is 0 Å². The summed E-state index contributed by atoms with van der Waals surface area (Å²) in [6.07, 6.45) is 1.24. The fourth-order valence-corrected chi connectivity index (χ4v) is 2.27. The molecule has 98 valence electrons. The molecule has 6 heteroatoms. The molecule has 1 aliphatic heterocycles. The molecule has 20 heavy (non-hydrogen) atoms. The van der Waals surface area contributed by atoms with E-state index in [4.69, 9.17) is 10.5 Å². The predicted octanol–water partition coefficient (Wildman–Crippen LogP) is 0.988. The van der Waals surface area contributed by atoms with Crippen LogP contribution in [0.15, 0.2) is 52.9 Å². The van der Waals surface area contributed by atoms with Crippen molar-refractivity contribution >= 4 is 0 Å². The van der Waals surface area contributed by atoms with Crippen LogP contribution in [0.1, 0.15) is 17.0 Å². The summed E-state index contributed by atoms with van der Waals surface area (Å²) in [6, 6.07) is 11.2. The minimum absolute atomic E-state index is 0.0213. The molecular weight excluding hydrogens is 256 g/mol. The van der Waals surface area contributed by atoms with Gasteiger partial charge in [-0.05, 0) is 5.56 Å². The Balaban J connectivity index is 2.31. The number of hydrogen-bond donors (Lipinski definition) is 2. The zero-order valence-corrected chi connectivity index (χ0v) is 10.3. The summed E-state index contributed by atoms with van der Waals surface area (Å²) in [4.78, 5) is 18.5. The number of fused-ring (bicyclic) bond motifs is 1. The van der Waals surface area contributed by atoms with Gasteiger partial charge in [-0.2, -0.15) is 5.26 Å². The highest BCUT2D eigenvalue weighted by molar-refractivity contribution is 5.52. The maximum Gasteiger partial charge on any atom is 0.258 e. The number of rotatable bonds is 1. The first-order valence-electron chi connectivity index (χ1n) is 5.92. The molecule has 1 atom stereocenters. The van der Waals surface area contributed by atoms with Gasteiger partial charge in [-0.15, -0.1) is 0 Å². The van der Waals surface area contributed by atoms with Crippen molar-refractivity contribution in [2.45, 2.75) is 5.92 Å². The predicted molar refractivity (Wildman–Crippen MR) is 70.6 cm³/mol. The SMILES string of the molecule is N#CC1=C(N)Oc2nc[nH]c(=O)c2[C@@H]1c1ccccc1. The second-order valence-electron chi connectivity index (χ2n) is 4.29. The van der Waals surface area contributed by atoms with Crippen molar-refractivity contribution in [3.05, 3.63) is 69.6 Å². The van der Waals surface area contributed by atoms with E-state index in [2.05, 4.69) is 9.97 Å². The van der Waals surface area contributed by atoms with Gasteiger partial charge in [-0.1, -0.05) is 30.3 Å². The minimum atomic E-state index is -0.567. The van der Waals surface area contributed by atoms with E-state index in [9.17, 15) is 10.1 Å². The number of nitrogens with two attached hydrogens (primary N) is 1. The molecule has 0 aliphatic carbocycles. The lowest BCUT2D eigenvalue weighted by Crippen LogP contribution is -2.28. The van der Waals surface area contributed by atoms with Crippen LogP contribution < -0.4 is 16.0 Å². The molecule has 0 unspecified atom stereocenters. The minimum Gasteiger partial charge on any atom is -0.422 e. The number of benzene rings is 1. The summed E-state index contributed by atoms with van der Waals surface area (Å²) < 4.78 is 5.27. The molecule has 0 fully saturated rings. The third-order valence-electron chi connectivity index (χ3n) is 3.16. The van der Waals surface area contributed by atoms with Crippen LogP contribution in [0.2, 0.25) is 0 Å². The van der Waals surface area contributed by atoms with Gasteiger partial charge in [0.15, 0.2) is 0 Å². The van der Waals surface area contributed by atoms with E-state index < -0.39 is 5.92 Å². The first-order chi connectivity index (χ1) is 9.72. The fourth-order valence-electron chi connectivity index (χ4n) is 2.27. The normalized spacial score (nSPS) is 17.1. The molecule has 3 rings (SSSR count). The third-order valence-corrected chi connectivity index (χ3v) is 3.16. The van der Waals surface area contributed by atoms with Gasteiger partial charge >= 0.3 is 0 Å². The van der Waals surface area contributed by atoms with E-state index in [0.29, 0.717) is 5.56 Å². The summed E-state index contributed by atoms with van der Waals surface area (Å²) in [5.41, 5.74) is 6.71. The van der Waals surface area contributed by atoms with Gasteiger partial charge in [-0.3, -0.25) is 4.79 Å². The van der Waals surface area contributed by atoms with Crippen molar-refractivity contribution in [3.63, 3.8) is 0 Å². The third kappa shape index (κ3) is 1.73. The number of H-pyrrole nitrogens is 1. The second-order valence-corrected chi connectivity index (χ2v) is 4.29. The van der Waals surface area contributed by atoms with Gasteiger partial charge in [0.2, 0.25) is 11.8 Å². The Labute approximate surface area is 114 Å². The molecule has 1 aromatic heterocycles. The molecule has 1 aliphatic rings. The monoisotopic (exact) mass is 266 g/mol. The number of aromatic amines is 1. The summed E-state index contributed by atoms with van der Waals surface area (Å²) in [5, 5.41) is 9.31. The van der Waals surface area contributed by atoms with Gasteiger partial charge in [-0.25, -0.2) is 4.98 Å². The molecule has 0 amide bonds. The van der Waals surface area contributed by atoms with Crippen LogP contribution in [0.3, 0.4) is 0 Å². The Kier molecular flexibility index (Phi) is 2.73. The van der Waals surface area contributed by atoms with Crippen molar-refractivity contribution in [1.82, 2.24) is 9.97 Å². The number of nitriles is 1. The molecule has 2 aromatic rings. The number of hydrogen-bond acceptors (Lipinski definition) is 5. The Morgan fingerprint density at radius 1 is 1.35 bits per heavy atom.